The summed E-state index contributed by atoms with van der Waals surface area (Å²) in [4.78, 5) is 18.3. The zero-order valence-corrected chi connectivity index (χ0v) is 23.1. The fourth-order valence-electron chi connectivity index (χ4n) is 4.35. The Morgan fingerprint density at radius 3 is 2.38 bits per heavy atom. The summed E-state index contributed by atoms with van der Waals surface area (Å²) in [6.07, 6.45) is 0.732. The van der Waals surface area contributed by atoms with Crippen molar-refractivity contribution in [3.05, 3.63) is 41.6 Å². The normalized spacial score (nSPS) is 14.4. The first-order valence-electron chi connectivity index (χ1n) is 12.2. The van der Waals surface area contributed by atoms with E-state index in [2.05, 4.69) is 24.7 Å². The first kappa shape index (κ1) is 26.9. The second-order valence-electron chi connectivity index (χ2n) is 8.55. The number of hydrogen-bond acceptors (Lipinski definition) is 10. The Morgan fingerprint density at radius 2 is 1.72 bits per heavy atom. The van der Waals surface area contributed by atoms with Gasteiger partial charge in [-0.2, -0.15) is 0 Å². The van der Waals surface area contributed by atoms with Gasteiger partial charge in [-0.1, -0.05) is 23.7 Å². The van der Waals surface area contributed by atoms with Gasteiger partial charge in [-0.3, -0.25) is 9.29 Å². The predicted octanol–water partition coefficient (Wildman–Crippen LogP) is 3.87. The van der Waals surface area contributed by atoms with Crippen molar-refractivity contribution in [3.63, 3.8) is 0 Å². The molecule has 12 nitrogen and oxygen atoms in total. The molecule has 14 heteroatoms. The Labute approximate surface area is 230 Å². The zero-order valence-electron chi connectivity index (χ0n) is 21.5. The average Bonchev–Trinajstić information content (AvgIpc) is 3.31. The number of para-hydroxylation sites is 1. The van der Waals surface area contributed by atoms with Gasteiger partial charge in [0.05, 0.1) is 26.1 Å². The van der Waals surface area contributed by atoms with E-state index in [1.165, 1.54) is 14.2 Å². The van der Waals surface area contributed by atoms with Crippen LogP contribution in [0, 0.1) is 0 Å². The number of benzene rings is 1. The van der Waals surface area contributed by atoms with Crippen LogP contribution >= 0.6 is 11.6 Å². The van der Waals surface area contributed by atoms with Gasteiger partial charge in [0, 0.05) is 19.3 Å². The van der Waals surface area contributed by atoms with Crippen LogP contribution in [-0.4, -0.2) is 72.2 Å². The van der Waals surface area contributed by atoms with Gasteiger partial charge in [0.25, 0.3) is 0 Å². The molecule has 0 unspecified atom stereocenters. The highest BCUT2D eigenvalue weighted by molar-refractivity contribution is 7.93. The molecule has 0 atom stereocenters. The number of fused-ring (bicyclic) bond motifs is 1. The van der Waals surface area contributed by atoms with Crippen LogP contribution in [0.2, 0.25) is 5.15 Å². The van der Waals surface area contributed by atoms with E-state index in [-0.39, 0.29) is 22.3 Å². The molecule has 0 radical (unpaired) electrons. The third kappa shape index (κ3) is 5.29. The van der Waals surface area contributed by atoms with Crippen molar-refractivity contribution in [3.8, 4) is 34.6 Å². The van der Waals surface area contributed by atoms with E-state index < -0.39 is 15.3 Å². The van der Waals surface area contributed by atoms with Crippen LogP contribution in [0.4, 0.5) is 5.82 Å². The smallest absolute Gasteiger partial charge is 0.237 e. The van der Waals surface area contributed by atoms with Gasteiger partial charge in [0.1, 0.15) is 22.9 Å². The Hall–Kier alpha value is -3.68. The van der Waals surface area contributed by atoms with Gasteiger partial charge in [-0.15, -0.1) is 0 Å². The molecule has 0 spiro atoms. The van der Waals surface area contributed by atoms with E-state index >= 15 is 0 Å². The van der Waals surface area contributed by atoms with Gasteiger partial charge in [-0.05, 0) is 38.0 Å². The van der Waals surface area contributed by atoms with E-state index in [0.29, 0.717) is 67.2 Å². The monoisotopic (exact) mass is 574 g/mol. The van der Waals surface area contributed by atoms with Crippen LogP contribution in [0.3, 0.4) is 0 Å². The first-order chi connectivity index (χ1) is 18.9. The van der Waals surface area contributed by atoms with Crippen molar-refractivity contribution >= 4 is 38.7 Å². The summed E-state index contributed by atoms with van der Waals surface area (Å²) < 4.78 is 52.7. The van der Waals surface area contributed by atoms with Crippen LogP contribution in [0.25, 0.3) is 28.5 Å². The van der Waals surface area contributed by atoms with Gasteiger partial charge < -0.3 is 18.9 Å². The standard InChI is InChI=1S/C25H27ClN6O6S/c1-4-38-19-10-5-7-16(27-19)24-30-23-25(32(24)20-17(35-2)8-6-9-18(20)36-3)29-22(21(26)28-23)31-39(33,34)15-11-13-37-14-12-15/h5-10,15H,4,11-14H2,1-3H3,(H,29,31). The lowest BCUT2D eigenvalue weighted by Gasteiger charge is -2.22. The molecule has 39 heavy (non-hydrogen) atoms. The predicted molar refractivity (Wildman–Crippen MR) is 146 cm³/mol. The molecule has 1 aromatic carbocycles. The van der Waals surface area contributed by atoms with Gasteiger partial charge in [0.2, 0.25) is 15.9 Å². The highest BCUT2D eigenvalue weighted by atomic mass is 35.5. The number of imidazole rings is 1. The summed E-state index contributed by atoms with van der Waals surface area (Å²) in [5.74, 6) is 1.54. The topological polar surface area (TPSA) is 140 Å². The van der Waals surface area contributed by atoms with Crippen molar-refractivity contribution < 1.29 is 27.4 Å². The average molecular weight is 575 g/mol. The molecule has 3 aromatic heterocycles. The molecule has 5 rings (SSSR count). The number of halogens is 1. The van der Waals surface area contributed by atoms with Crippen molar-refractivity contribution in [1.82, 2.24) is 24.5 Å². The van der Waals surface area contributed by atoms with Crippen LogP contribution in [-0.2, 0) is 14.8 Å². The minimum Gasteiger partial charge on any atom is -0.494 e. The summed E-state index contributed by atoms with van der Waals surface area (Å²) in [5, 5.41) is -0.780. The molecule has 0 amide bonds. The minimum absolute atomic E-state index is 0.117. The summed E-state index contributed by atoms with van der Waals surface area (Å²) in [6, 6.07) is 10.6. The largest absolute Gasteiger partial charge is 0.494 e. The highest BCUT2D eigenvalue weighted by Gasteiger charge is 2.30. The number of nitrogens with one attached hydrogen (secondary N) is 1. The molecule has 0 saturated carbocycles. The number of ether oxygens (including phenoxy) is 4. The van der Waals surface area contributed by atoms with E-state index in [1.807, 2.05) is 6.92 Å². The van der Waals surface area contributed by atoms with Crippen molar-refractivity contribution in [2.75, 3.05) is 38.8 Å². The Bertz CT molecular complexity index is 1580. The molecule has 0 aliphatic carbocycles. The van der Waals surface area contributed by atoms with Gasteiger partial charge in [-0.25, -0.2) is 28.4 Å². The Balaban J connectivity index is 1.74. The van der Waals surface area contributed by atoms with Gasteiger partial charge >= 0.3 is 0 Å². The maximum Gasteiger partial charge on any atom is 0.237 e. The molecular weight excluding hydrogens is 548 g/mol. The number of nitrogens with zero attached hydrogens (tertiary/aromatic N) is 5. The number of rotatable bonds is 9. The van der Waals surface area contributed by atoms with Crippen molar-refractivity contribution in [2.45, 2.75) is 25.0 Å². The lowest BCUT2D eigenvalue weighted by Crippen LogP contribution is -2.33. The molecule has 1 aliphatic rings. The van der Waals surface area contributed by atoms with Crippen molar-refractivity contribution in [2.24, 2.45) is 0 Å². The second kappa shape index (κ2) is 11.2. The van der Waals surface area contributed by atoms with Crippen LogP contribution in [0.15, 0.2) is 36.4 Å². The molecule has 1 aliphatic heterocycles. The van der Waals surface area contributed by atoms with E-state index in [1.54, 1.807) is 41.0 Å². The lowest BCUT2D eigenvalue weighted by molar-refractivity contribution is 0.0984. The maximum atomic E-state index is 13.1. The molecular formula is C25H27ClN6O6S. The summed E-state index contributed by atoms with van der Waals surface area (Å²) in [5.41, 5.74) is 1.30. The molecule has 0 bridgehead atoms. The van der Waals surface area contributed by atoms with E-state index in [0.717, 1.165) is 0 Å². The van der Waals surface area contributed by atoms with Crippen molar-refractivity contribution in [1.29, 1.82) is 0 Å². The maximum absolute atomic E-state index is 13.1. The number of anilines is 1. The third-order valence-corrected chi connectivity index (χ3v) is 8.26. The fourth-order valence-corrected chi connectivity index (χ4v) is 5.96. The fraction of sp³-hybridized carbons (Fsp3) is 0.360. The number of aromatic nitrogens is 5. The minimum atomic E-state index is -3.81. The molecule has 1 saturated heterocycles. The summed E-state index contributed by atoms with van der Waals surface area (Å²) >= 11 is 6.43. The summed E-state index contributed by atoms with van der Waals surface area (Å²) in [7, 11) is -0.755. The second-order valence-corrected chi connectivity index (χ2v) is 10.9. The van der Waals surface area contributed by atoms with Crippen LogP contribution in [0.1, 0.15) is 19.8 Å². The summed E-state index contributed by atoms with van der Waals surface area (Å²) in [6.45, 7) is 3.02. The number of pyridine rings is 1. The number of hydrogen-bond donors (Lipinski definition) is 1. The molecule has 206 valence electrons. The zero-order chi connectivity index (χ0) is 27.6. The van der Waals surface area contributed by atoms with E-state index in [9.17, 15) is 8.42 Å². The first-order valence-corrected chi connectivity index (χ1v) is 14.2. The lowest BCUT2D eigenvalue weighted by atomic mass is 10.2. The van der Waals surface area contributed by atoms with Crippen LogP contribution in [0.5, 0.6) is 17.4 Å². The Kier molecular flexibility index (Phi) is 7.73. The molecule has 4 aromatic rings. The van der Waals surface area contributed by atoms with Crippen LogP contribution < -0.4 is 18.9 Å². The highest BCUT2D eigenvalue weighted by Crippen LogP contribution is 2.38. The molecule has 1 fully saturated rings. The Morgan fingerprint density at radius 1 is 1.03 bits per heavy atom. The van der Waals surface area contributed by atoms with Gasteiger partial charge in [0.15, 0.2) is 28.1 Å². The third-order valence-electron chi connectivity index (χ3n) is 6.17. The SMILES string of the molecule is CCOc1cccc(-c2nc3nc(Cl)c(NS(=O)(=O)C4CCOCC4)nc3n2-c2c(OC)cccc2OC)n1. The van der Waals surface area contributed by atoms with E-state index in [4.69, 9.17) is 30.5 Å². The molecule has 1 N–H and O–H groups in total. The quantitative estimate of drug-likeness (QED) is 0.313. The molecule has 4 heterocycles. The number of methoxy groups -OCH3 is 2. The number of sulfonamides is 1.